The summed E-state index contributed by atoms with van der Waals surface area (Å²) in [4.78, 5) is 19.2. The van der Waals surface area contributed by atoms with Gasteiger partial charge in [0.2, 0.25) is 10.0 Å². The molecule has 4 N–H and O–H groups in total. The molecular formula is C14H14N4O3S2. The average Bonchev–Trinajstić information content (AvgIpc) is 3.08. The number of amides is 1. The summed E-state index contributed by atoms with van der Waals surface area (Å²) in [6, 6.07) is 8.04. The fourth-order valence-electron chi connectivity index (χ4n) is 2.13. The first-order valence-corrected chi connectivity index (χ1v) is 9.18. The van der Waals surface area contributed by atoms with E-state index in [9.17, 15) is 13.2 Å². The Morgan fingerprint density at radius 2 is 2.04 bits per heavy atom. The van der Waals surface area contributed by atoms with Gasteiger partial charge in [-0.2, -0.15) is 0 Å². The zero-order valence-electron chi connectivity index (χ0n) is 11.9. The largest absolute Gasteiger partial charge is 0.350 e. The molecule has 0 unspecified atom stereocenters. The van der Waals surface area contributed by atoms with Crippen molar-refractivity contribution < 1.29 is 13.2 Å². The molecule has 9 heteroatoms. The van der Waals surface area contributed by atoms with Gasteiger partial charge in [0.15, 0.2) is 0 Å². The molecule has 23 heavy (non-hydrogen) atoms. The molecule has 120 valence electrons. The third kappa shape index (κ3) is 3.58. The Morgan fingerprint density at radius 3 is 2.70 bits per heavy atom. The smallest absolute Gasteiger partial charge is 0.267 e. The van der Waals surface area contributed by atoms with Crippen LogP contribution in [0.3, 0.4) is 0 Å². The normalized spacial score (nSPS) is 11.7. The first-order valence-electron chi connectivity index (χ1n) is 6.75. The summed E-state index contributed by atoms with van der Waals surface area (Å²) in [5.74, 6) is -0.198. The predicted octanol–water partition coefficient (Wildman–Crippen LogP) is 1.24. The Balaban J connectivity index is 1.56. The van der Waals surface area contributed by atoms with E-state index in [1.54, 1.807) is 23.7 Å². The van der Waals surface area contributed by atoms with Crippen LogP contribution in [0.4, 0.5) is 0 Å². The molecule has 0 saturated heterocycles. The van der Waals surface area contributed by atoms with Gasteiger partial charge in [-0.15, -0.1) is 11.3 Å². The first-order chi connectivity index (χ1) is 10.9. The summed E-state index contributed by atoms with van der Waals surface area (Å²) in [6.07, 6.45) is 0.587. The molecule has 0 bridgehead atoms. The third-order valence-electron chi connectivity index (χ3n) is 3.32. The van der Waals surface area contributed by atoms with Gasteiger partial charge in [-0.25, -0.2) is 18.5 Å². The number of fused-ring (bicyclic) bond motifs is 1. The van der Waals surface area contributed by atoms with Gasteiger partial charge in [0.25, 0.3) is 5.91 Å². The molecule has 0 radical (unpaired) electrons. The van der Waals surface area contributed by atoms with Crippen molar-refractivity contribution in [2.45, 2.75) is 11.3 Å². The molecule has 2 heterocycles. The lowest BCUT2D eigenvalue weighted by Crippen LogP contribution is -2.26. The maximum atomic E-state index is 12.0. The number of sulfonamides is 1. The summed E-state index contributed by atoms with van der Waals surface area (Å²) in [5, 5.41) is 7.85. The summed E-state index contributed by atoms with van der Waals surface area (Å²) in [6.45, 7) is 0.438. The lowest BCUT2D eigenvalue weighted by molar-refractivity contribution is 0.0950. The second-order valence-electron chi connectivity index (χ2n) is 4.94. The fraction of sp³-hybridized carbons (Fsp3) is 0.143. The zero-order chi connectivity index (χ0) is 16.4. The van der Waals surface area contributed by atoms with E-state index in [-0.39, 0.29) is 10.8 Å². The number of benzene rings is 1. The number of H-pyrrole nitrogens is 1. The van der Waals surface area contributed by atoms with Gasteiger partial charge in [0.05, 0.1) is 15.1 Å². The highest BCUT2D eigenvalue weighted by Gasteiger charge is 2.11. The number of nitrogens with two attached hydrogens (primary N) is 1. The highest BCUT2D eigenvalue weighted by atomic mass is 32.2. The highest BCUT2D eigenvalue weighted by molar-refractivity contribution is 7.89. The molecule has 3 aromatic rings. The van der Waals surface area contributed by atoms with E-state index in [1.807, 2.05) is 0 Å². The molecule has 2 aromatic heterocycles. The van der Waals surface area contributed by atoms with Crippen LogP contribution in [0.2, 0.25) is 0 Å². The lowest BCUT2D eigenvalue weighted by atomic mass is 10.1. The summed E-state index contributed by atoms with van der Waals surface area (Å²) >= 11 is 1.47. The summed E-state index contributed by atoms with van der Waals surface area (Å²) in [5.41, 5.74) is 3.81. The topological polar surface area (TPSA) is 118 Å². The van der Waals surface area contributed by atoms with Crippen LogP contribution >= 0.6 is 11.3 Å². The van der Waals surface area contributed by atoms with Gasteiger partial charge >= 0.3 is 0 Å². The molecule has 0 spiro atoms. The van der Waals surface area contributed by atoms with Crippen LogP contribution in [-0.4, -0.2) is 30.8 Å². The molecule has 0 aliphatic carbocycles. The summed E-state index contributed by atoms with van der Waals surface area (Å²) in [7, 11) is -3.68. The van der Waals surface area contributed by atoms with Gasteiger partial charge in [0.1, 0.15) is 11.3 Å². The Kier molecular flexibility index (Phi) is 4.16. The van der Waals surface area contributed by atoms with E-state index in [0.29, 0.717) is 24.3 Å². The molecule has 7 nitrogen and oxygen atoms in total. The average molecular weight is 350 g/mol. The van der Waals surface area contributed by atoms with Crippen molar-refractivity contribution in [1.82, 2.24) is 15.3 Å². The van der Waals surface area contributed by atoms with E-state index in [2.05, 4.69) is 15.3 Å². The fourth-order valence-corrected chi connectivity index (χ4v) is 3.32. The summed E-state index contributed by atoms with van der Waals surface area (Å²) < 4.78 is 23.3. The second-order valence-corrected chi connectivity index (χ2v) is 7.39. The number of thiazole rings is 1. The van der Waals surface area contributed by atoms with Crippen LogP contribution in [-0.2, 0) is 16.4 Å². The Morgan fingerprint density at radius 1 is 1.30 bits per heavy atom. The molecule has 0 aliphatic heterocycles. The molecule has 1 aromatic carbocycles. The van der Waals surface area contributed by atoms with Crippen molar-refractivity contribution in [2.75, 3.05) is 6.54 Å². The van der Waals surface area contributed by atoms with Crippen LogP contribution < -0.4 is 10.5 Å². The van der Waals surface area contributed by atoms with Crippen LogP contribution in [0.1, 0.15) is 16.1 Å². The number of hydrogen-bond acceptors (Lipinski definition) is 5. The van der Waals surface area contributed by atoms with Crippen molar-refractivity contribution in [2.24, 2.45) is 5.14 Å². The van der Waals surface area contributed by atoms with Crippen LogP contribution in [0.25, 0.3) is 10.3 Å². The van der Waals surface area contributed by atoms with E-state index in [0.717, 1.165) is 10.3 Å². The SMILES string of the molecule is NS(=O)(=O)c1ccc(CCNC(=O)c2cc3scnc3[nH]2)cc1. The number of rotatable bonds is 5. The molecule has 1 amide bonds. The number of carbonyl (C=O) groups is 1. The predicted molar refractivity (Wildman–Crippen MR) is 87.8 cm³/mol. The molecule has 0 aliphatic rings. The van der Waals surface area contributed by atoms with Crippen LogP contribution in [0, 0.1) is 0 Å². The molecule has 3 rings (SSSR count). The Labute approximate surface area is 136 Å². The molecule has 0 atom stereocenters. The minimum atomic E-state index is -3.68. The van der Waals surface area contributed by atoms with Crippen LogP contribution in [0.15, 0.2) is 40.7 Å². The van der Waals surface area contributed by atoms with E-state index >= 15 is 0 Å². The maximum absolute atomic E-state index is 12.0. The quantitative estimate of drug-likeness (QED) is 0.641. The molecule has 0 fully saturated rings. The van der Waals surface area contributed by atoms with Crippen molar-refractivity contribution in [3.8, 4) is 0 Å². The second kappa shape index (κ2) is 6.11. The zero-order valence-corrected chi connectivity index (χ0v) is 13.6. The van der Waals surface area contributed by atoms with E-state index < -0.39 is 10.0 Å². The third-order valence-corrected chi connectivity index (χ3v) is 5.02. The van der Waals surface area contributed by atoms with Gasteiger partial charge in [-0.3, -0.25) is 4.79 Å². The van der Waals surface area contributed by atoms with Crippen molar-refractivity contribution in [3.63, 3.8) is 0 Å². The maximum Gasteiger partial charge on any atom is 0.267 e. The van der Waals surface area contributed by atoms with Gasteiger partial charge < -0.3 is 10.3 Å². The molecule has 0 saturated carbocycles. The van der Waals surface area contributed by atoms with Gasteiger partial charge in [0, 0.05) is 6.54 Å². The van der Waals surface area contributed by atoms with Crippen LogP contribution in [0.5, 0.6) is 0 Å². The number of aromatic nitrogens is 2. The number of hydrogen-bond donors (Lipinski definition) is 3. The number of aromatic amines is 1. The van der Waals surface area contributed by atoms with E-state index in [1.165, 1.54) is 23.5 Å². The Bertz CT molecular complexity index is 913. The number of carbonyl (C=O) groups excluding carboxylic acids is 1. The molecular weight excluding hydrogens is 336 g/mol. The standard InChI is InChI=1S/C14H14N4O3S2/c15-23(20,21)10-3-1-9(2-4-10)5-6-16-14(19)11-7-12-13(18-11)17-8-22-12/h1-4,7-8,18H,5-6H2,(H,16,19)(H2,15,20,21). The number of primary sulfonamides is 1. The minimum absolute atomic E-state index is 0.0734. The minimum Gasteiger partial charge on any atom is -0.350 e. The van der Waals surface area contributed by atoms with E-state index in [4.69, 9.17) is 5.14 Å². The monoisotopic (exact) mass is 350 g/mol. The first kappa shape index (κ1) is 15.7. The lowest BCUT2D eigenvalue weighted by Gasteiger charge is -2.05. The van der Waals surface area contributed by atoms with Gasteiger partial charge in [-0.1, -0.05) is 12.1 Å². The Hall–Kier alpha value is -2.23. The van der Waals surface area contributed by atoms with Gasteiger partial charge in [-0.05, 0) is 30.2 Å². The van der Waals surface area contributed by atoms with Crippen molar-refractivity contribution >= 4 is 37.6 Å². The number of nitrogens with one attached hydrogen (secondary N) is 2. The number of nitrogens with zero attached hydrogens (tertiary/aromatic N) is 1. The highest BCUT2D eigenvalue weighted by Crippen LogP contribution is 2.18. The van der Waals surface area contributed by atoms with Crippen molar-refractivity contribution in [3.05, 3.63) is 47.1 Å². The van der Waals surface area contributed by atoms with Crippen molar-refractivity contribution in [1.29, 1.82) is 0 Å².